The molecule has 0 spiro atoms. The van der Waals surface area contributed by atoms with Crippen molar-refractivity contribution in [1.82, 2.24) is 10.2 Å². The van der Waals surface area contributed by atoms with E-state index in [1.54, 1.807) is 0 Å². The van der Waals surface area contributed by atoms with Gasteiger partial charge in [-0.3, -0.25) is 9.69 Å². The highest BCUT2D eigenvalue weighted by atomic mass is 16.2. The summed E-state index contributed by atoms with van der Waals surface area (Å²) in [4.78, 5) is 14.3. The van der Waals surface area contributed by atoms with Gasteiger partial charge in [0.25, 0.3) is 0 Å². The molecule has 0 bridgehead atoms. The van der Waals surface area contributed by atoms with Crippen LogP contribution in [0.25, 0.3) is 0 Å². The third kappa shape index (κ3) is 4.32. The maximum atomic E-state index is 12.1. The van der Waals surface area contributed by atoms with E-state index < -0.39 is 0 Å². The van der Waals surface area contributed by atoms with Gasteiger partial charge in [-0.15, -0.1) is 0 Å². The molecule has 1 heterocycles. The van der Waals surface area contributed by atoms with Crippen molar-refractivity contribution in [3.63, 3.8) is 0 Å². The van der Waals surface area contributed by atoms with Crippen LogP contribution in [0.3, 0.4) is 0 Å². The van der Waals surface area contributed by atoms with Crippen LogP contribution in [0.4, 0.5) is 0 Å². The Morgan fingerprint density at radius 2 is 2.20 bits per heavy atom. The van der Waals surface area contributed by atoms with Gasteiger partial charge in [-0.05, 0) is 44.3 Å². The summed E-state index contributed by atoms with van der Waals surface area (Å²) in [5, 5.41) is 3.06. The van der Waals surface area contributed by atoms with Gasteiger partial charge < -0.3 is 11.1 Å². The standard InChI is InChI=1S/C16H25N3O/c1-13(15-7-3-2-4-8-15)18-16(20)12-19-9-5-6-14(10-17)11-19/h2-4,7-8,13-14H,5-6,9-12,17H2,1H3,(H,18,20). The Hall–Kier alpha value is -1.39. The number of amides is 1. The first-order valence-corrected chi connectivity index (χ1v) is 7.45. The van der Waals surface area contributed by atoms with Crippen LogP contribution in [-0.4, -0.2) is 37.0 Å². The van der Waals surface area contributed by atoms with E-state index in [2.05, 4.69) is 10.2 Å². The second-order valence-electron chi connectivity index (χ2n) is 5.68. The zero-order valence-electron chi connectivity index (χ0n) is 12.2. The van der Waals surface area contributed by atoms with E-state index in [9.17, 15) is 4.79 Å². The second-order valence-corrected chi connectivity index (χ2v) is 5.68. The highest BCUT2D eigenvalue weighted by molar-refractivity contribution is 5.78. The number of carbonyl (C=O) groups is 1. The van der Waals surface area contributed by atoms with Gasteiger partial charge in [-0.25, -0.2) is 0 Å². The molecule has 1 fully saturated rings. The Bertz CT molecular complexity index is 421. The molecule has 2 atom stereocenters. The molecule has 4 nitrogen and oxygen atoms in total. The van der Waals surface area contributed by atoms with Crippen molar-refractivity contribution in [1.29, 1.82) is 0 Å². The van der Waals surface area contributed by atoms with Crippen LogP contribution in [0.15, 0.2) is 30.3 Å². The summed E-state index contributed by atoms with van der Waals surface area (Å²) in [5.41, 5.74) is 6.86. The van der Waals surface area contributed by atoms with Gasteiger partial charge in [0.05, 0.1) is 12.6 Å². The smallest absolute Gasteiger partial charge is 0.234 e. The number of rotatable bonds is 5. The van der Waals surface area contributed by atoms with E-state index in [-0.39, 0.29) is 11.9 Å². The van der Waals surface area contributed by atoms with Crippen LogP contribution in [0.5, 0.6) is 0 Å². The molecule has 1 amide bonds. The number of likely N-dealkylation sites (tertiary alicyclic amines) is 1. The van der Waals surface area contributed by atoms with E-state index in [1.165, 1.54) is 6.42 Å². The molecule has 1 aliphatic rings. The van der Waals surface area contributed by atoms with E-state index in [1.807, 2.05) is 37.3 Å². The first-order valence-electron chi connectivity index (χ1n) is 7.45. The zero-order valence-corrected chi connectivity index (χ0v) is 12.2. The monoisotopic (exact) mass is 275 g/mol. The number of hydrogen-bond donors (Lipinski definition) is 2. The SMILES string of the molecule is CC(NC(=O)CN1CCCC(CN)C1)c1ccccc1. The normalized spacial score (nSPS) is 21.4. The summed E-state index contributed by atoms with van der Waals surface area (Å²) in [7, 11) is 0. The molecule has 20 heavy (non-hydrogen) atoms. The summed E-state index contributed by atoms with van der Waals surface area (Å²) in [6.07, 6.45) is 2.33. The predicted octanol–water partition coefficient (Wildman–Crippen LogP) is 1.53. The van der Waals surface area contributed by atoms with Gasteiger partial charge in [0, 0.05) is 6.54 Å². The number of carbonyl (C=O) groups excluding carboxylic acids is 1. The lowest BCUT2D eigenvalue weighted by atomic mass is 9.98. The Labute approximate surface area is 121 Å². The molecule has 1 saturated heterocycles. The summed E-state index contributed by atoms with van der Waals surface area (Å²) in [6.45, 7) is 5.17. The third-order valence-corrected chi connectivity index (χ3v) is 3.98. The van der Waals surface area contributed by atoms with Crippen LogP contribution < -0.4 is 11.1 Å². The van der Waals surface area contributed by atoms with E-state index in [0.29, 0.717) is 12.5 Å². The molecule has 4 heteroatoms. The molecule has 0 saturated carbocycles. The third-order valence-electron chi connectivity index (χ3n) is 3.98. The molecule has 0 radical (unpaired) electrons. The lowest BCUT2D eigenvalue weighted by Gasteiger charge is -2.31. The maximum Gasteiger partial charge on any atom is 0.234 e. The average Bonchev–Trinajstić information content (AvgIpc) is 2.48. The predicted molar refractivity (Wildman–Crippen MR) is 81.2 cm³/mol. The topological polar surface area (TPSA) is 58.4 Å². The molecule has 3 N–H and O–H groups in total. The number of nitrogens with one attached hydrogen (secondary N) is 1. The highest BCUT2D eigenvalue weighted by Crippen LogP contribution is 2.15. The molecule has 110 valence electrons. The van der Waals surface area contributed by atoms with E-state index in [4.69, 9.17) is 5.73 Å². The van der Waals surface area contributed by atoms with Gasteiger partial charge >= 0.3 is 0 Å². The summed E-state index contributed by atoms with van der Waals surface area (Å²) in [6, 6.07) is 10.1. The Kier molecular flexibility index (Phi) is 5.56. The minimum absolute atomic E-state index is 0.0544. The first-order chi connectivity index (χ1) is 9.69. The Morgan fingerprint density at radius 1 is 1.45 bits per heavy atom. The quantitative estimate of drug-likeness (QED) is 0.857. The van der Waals surface area contributed by atoms with Crippen LogP contribution in [0.2, 0.25) is 0 Å². The zero-order chi connectivity index (χ0) is 14.4. The van der Waals surface area contributed by atoms with E-state index in [0.717, 1.165) is 31.6 Å². The van der Waals surface area contributed by atoms with Gasteiger partial charge in [-0.2, -0.15) is 0 Å². The fourth-order valence-electron chi connectivity index (χ4n) is 2.80. The van der Waals surface area contributed by atoms with Crippen LogP contribution >= 0.6 is 0 Å². The fraction of sp³-hybridized carbons (Fsp3) is 0.562. The maximum absolute atomic E-state index is 12.1. The van der Waals surface area contributed by atoms with Crippen LogP contribution in [0.1, 0.15) is 31.4 Å². The second kappa shape index (κ2) is 7.41. The highest BCUT2D eigenvalue weighted by Gasteiger charge is 2.21. The molecule has 0 aliphatic carbocycles. The molecule has 1 aromatic carbocycles. The lowest BCUT2D eigenvalue weighted by molar-refractivity contribution is -0.123. The van der Waals surface area contributed by atoms with Gasteiger partial charge in [-0.1, -0.05) is 30.3 Å². The van der Waals surface area contributed by atoms with Gasteiger partial charge in [0.1, 0.15) is 0 Å². The number of hydrogen-bond acceptors (Lipinski definition) is 3. The number of piperidine rings is 1. The van der Waals surface area contributed by atoms with Crippen LogP contribution in [-0.2, 0) is 4.79 Å². The van der Waals surface area contributed by atoms with Gasteiger partial charge in [0.2, 0.25) is 5.91 Å². The molecule has 2 rings (SSSR count). The van der Waals surface area contributed by atoms with Crippen molar-refractivity contribution in [3.8, 4) is 0 Å². The van der Waals surface area contributed by atoms with Crippen molar-refractivity contribution < 1.29 is 4.79 Å². The van der Waals surface area contributed by atoms with Crippen molar-refractivity contribution in [2.75, 3.05) is 26.2 Å². The van der Waals surface area contributed by atoms with Crippen molar-refractivity contribution in [3.05, 3.63) is 35.9 Å². The molecule has 2 unspecified atom stereocenters. The van der Waals surface area contributed by atoms with E-state index >= 15 is 0 Å². The number of nitrogens with two attached hydrogens (primary N) is 1. The van der Waals surface area contributed by atoms with Crippen molar-refractivity contribution in [2.45, 2.75) is 25.8 Å². The Balaban J connectivity index is 1.80. The van der Waals surface area contributed by atoms with Crippen LogP contribution in [0, 0.1) is 5.92 Å². The lowest BCUT2D eigenvalue weighted by Crippen LogP contribution is -2.44. The fourth-order valence-corrected chi connectivity index (χ4v) is 2.80. The minimum Gasteiger partial charge on any atom is -0.348 e. The summed E-state index contributed by atoms with van der Waals surface area (Å²) in [5.74, 6) is 0.641. The van der Waals surface area contributed by atoms with Crippen molar-refractivity contribution >= 4 is 5.91 Å². The largest absolute Gasteiger partial charge is 0.348 e. The number of benzene rings is 1. The first kappa shape index (κ1) is 15.0. The molecular weight excluding hydrogens is 250 g/mol. The molecule has 0 aromatic heterocycles. The minimum atomic E-state index is 0.0544. The Morgan fingerprint density at radius 3 is 2.90 bits per heavy atom. The number of nitrogens with zero attached hydrogens (tertiary/aromatic N) is 1. The summed E-state index contributed by atoms with van der Waals surface area (Å²) >= 11 is 0. The average molecular weight is 275 g/mol. The molecule has 1 aliphatic heterocycles. The molecule has 1 aromatic rings. The summed E-state index contributed by atoms with van der Waals surface area (Å²) < 4.78 is 0. The van der Waals surface area contributed by atoms with Gasteiger partial charge in [0.15, 0.2) is 0 Å². The van der Waals surface area contributed by atoms with Crippen molar-refractivity contribution in [2.24, 2.45) is 11.7 Å². The molecular formula is C16H25N3O.